The number of rotatable bonds is 6. The van der Waals surface area contributed by atoms with Gasteiger partial charge in [0.15, 0.2) is 5.78 Å². The highest BCUT2D eigenvalue weighted by molar-refractivity contribution is 7.46. The predicted octanol–water partition coefficient (Wildman–Crippen LogP) is 4.01. The van der Waals surface area contributed by atoms with Gasteiger partial charge in [0.2, 0.25) is 0 Å². The van der Waals surface area contributed by atoms with Gasteiger partial charge in [0.25, 0.3) is 5.91 Å². The summed E-state index contributed by atoms with van der Waals surface area (Å²) in [5.41, 5.74) is -2.78. The fourth-order valence-corrected chi connectivity index (χ4v) is 8.61. The van der Waals surface area contributed by atoms with Crippen LogP contribution in [0.5, 0.6) is 5.75 Å². The lowest BCUT2D eigenvalue weighted by Crippen LogP contribution is -2.63. The van der Waals surface area contributed by atoms with Crippen LogP contribution in [0, 0.1) is 34.0 Å². The molecule has 1 unspecified atom stereocenters. The Morgan fingerprint density at radius 1 is 1.15 bits per heavy atom. The summed E-state index contributed by atoms with van der Waals surface area (Å²) >= 11 is 0. The molecule has 1 aromatic rings. The van der Waals surface area contributed by atoms with Gasteiger partial charge in [-0.25, -0.2) is 9.36 Å². The first-order valence-corrected chi connectivity index (χ1v) is 15.3. The molecule has 0 heterocycles. The van der Waals surface area contributed by atoms with Crippen LogP contribution in [-0.4, -0.2) is 58.1 Å². The highest BCUT2D eigenvalue weighted by Crippen LogP contribution is 2.69. The minimum atomic E-state index is -5.01. The molecule has 9 atom stereocenters. The number of ether oxygens (including phenoxy) is 2. The molecule has 11 nitrogen and oxygen atoms in total. The van der Waals surface area contributed by atoms with E-state index >= 15 is 0 Å². The summed E-state index contributed by atoms with van der Waals surface area (Å²) in [4.78, 5) is 59.5. The summed E-state index contributed by atoms with van der Waals surface area (Å²) in [5, 5.41) is 13.1. The number of ketones is 1. The highest BCUT2D eigenvalue weighted by Gasteiger charge is 2.70. The number of alkyl carbamates (subject to hydrolysis) is 1. The van der Waals surface area contributed by atoms with Crippen molar-refractivity contribution in [2.45, 2.75) is 71.7 Å². The van der Waals surface area contributed by atoms with E-state index in [1.807, 2.05) is 13.8 Å². The fourth-order valence-electron chi connectivity index (χ4n) is 7.89. The maximum atomic E-state index is 13.7. The number of imide groups is 1. The van der Waals surface area contributed by atoms with Gasteiger partial charge in [0.05, 0.1) is 13.2 Å². The molecule has 226 valence electrons. The zero-order chi connectivity index (χ0) is 30.5. The van der Waals surface area contributed by atoms with Crippen LogP contribution in [0.25, 0.3) is 0 Å². The molecule has 4 N–H and O–H groups in total. The van der Waals surface area contributed by atoms with Gasteiger partial charge >= 0.3 is 13.9 Å². The number of phosphoric acid groups is 1. The number of aliphatic hydroxyl groups is 1. The maximum absolute atomic E-state index is 13.7. The Bertz CT molecular complexity index is 1260. The molecule has 41 heavy (non-hydrogen) atoms. The number of Topliss-reactive ketones (excluding diaryl/α,β-unsaturated/α-hetero) is 1. The molecular formula is C29H40NO10P. The highest BCUT2D eigenvalue weighted by atomic mass is 31.2. The zero-order valence-corrected chi connectivity index (χ0v) is 24.9. The van der Waals surface area contributed by atoms with Crippen LogP contribution in [-0.2, 0) is 18.6 Å². The number of carbonyl (C=O) groups excluding carboxylic acids is 3. The van der Waals surface area contributed by atoms with Crippen molar-refractivity contribution in [1.29, 1.82) is 0 Å². The Kier molecular flexibility index (Phi) is 8.37. The molecule has 1 aromatic carbocycles. The van der Waals surface area contributed by atoms with Crippen molar-refractivity contribution in [3.63, 3.8) is 0 Å². The molecular weight excluding hydrogens is 553 g/mol. The Morgan fingerprint density at radius 3 is 2.34 bits per heavy atom. The van der Waals surface area contributed by atoms with Gasteiger partial charge in [0, 0.05) is 22.3 Å². The summed E-state index contributed by atoms with van der Waals surface area (Å²) in [7, 11) is -3.52. The first kappa shape index (κ1) is 31.4. The largest absolute Gasteiger partial charge is 0.497 e. The lowest BCUT2D eigenvalue weighted by atomic mass is 9.44. The van der Waals surface area contributed by atoms with Crippen molar-refractivity contribution in [3.8, 4) is 5.75 Å². The monoisotopic (exact) mass is 593 g/mol. The van der Waals surface area contributed by atoms with Crippen LogP contribution < -0.4 is 10.1 Å². The quantitative estimate of drug-likeness (QED) is 0.279. The molecule has 12 heteroatoms. The number of aliphatic hydroxyl groups excluding tert-OH is 1. The second-order valence-electron chi connectivity index (χ2n) is 12.4. The first-order valence-electron chi connectivity index (χ1n) is 13.8. The zero-order valence-electron chi connectivity index (χ0n) is 24.0. The van der Waals surface area contributed by atoms with Crippen molar-refractivity contribution in [2.75, 3.05) is 7.11 Å². The number of carbonyl (C=O) groups is 3. The van der Waals surface area contributed by atoms with E-state index in [2.05, 4.69) is 11.9 Å². The van der Waals surface area contributed by atoms with Crippen LogP contribution in [0.4, 0.5) is 4.79 Å². The minimum Gasteiger partial charge on any atom is -0.497 e. The molecule has 3 saturated carbocycles. The van der Waals surface area contributed by atoms with Crippen LogP contribution in [0.15, 0.2) is 36.9 Å². The molecule has 0 radical (unpaired) electrons. The lowest BCUT2D eigenvalue weighted by molar-refractivity contribution is -0.189. The molecule has 0 saturated heterocycles. The van der Waals surface area contributed by atoms with Gasteiger partial charge in [0.1, 0.15) is 18.0 Å². The number of benzene rings is 1. The average Bonchev–Trinajstić information content (AvgIpc) is 3.18. The number of amides is 2. The van der Waals surface area contributed by atoms with E-state index in [4.69, 9.17) is 14.0 Å². The van der Waals surface area contributed by atoms with E-state index in [0.717, 1.165) is 0 Å². The Labute approximate surface area is 239 Å². The Hall–Kier alpha value is -2.56. The third-order valence-electron chi connectivity index (χ3n) is 10.4. The molecule has 0 spiro atoms. The van der Waals surface area contributed by atoms with Crippen LogP contribution in [0.1, 0.15) is 63.7 Å². The van der Waals surface area contributed by atoms with Crippen molar-refractivity contribution in [2.24, 2.45) is 34.0 Å². The Balaban J connectivity index is 1.77. The van der Waals surface area contributed by atoms with Crippen LogP contribution >= 0.6 is 7.82 Å². The van der Waals surface area contributed by atoms with E-state index in [1.54, 1.807) is 26.0 Å². The molecule has 2 bridgehead atoms. The standard InChI is InChI=1S/C29H40NO10P/c1-7-27(4)15-21(39-26(34)30-25(33)18-8-10-19(38-6)11-9-18)28(5)16(2)12-13-29(14-20(31)22(32)23(28)29)17(3)24(27)40-41(35,36)37/h7-11,16-17,20-21,23-24,31H,1,12-15H2,2-6H3,(H,30,33,34)(H2,35,36,37)/t16-,17+,20+,21-,23?,24+,27-,28+,29+/m1/s1. The second-order valence-corrected chi connectivity index (χ2v) is 13.6. The summed E-state index contributed by atoms with van der Waals surface area (Å²) in [6.45, 7) is 11.3. The van der Waals surface area contributed by atoms with Crippen molar-refractivity contribution in [1.82, 2.24) is 5.32 Å². The molecule has 0 aliphatic heterocycles. The Morgan fingerprint density at radius 2 is 1.78 bits per heavy atom. The molecule has 3 fully saturated rings. The van der Waals surface area contributed by atoms with Gasteiger partial charge in [-0.2, -0.15) is 0 Å². The van der Waals surface area contributed by atoms with E-state index in [0.29, 0.717) is 18.6 Å². The minimum absolute atomic E-state index is 0.00640. The lowest BCUT2D eigenvalue weighted by Gasteiger charge is -2.62. The van der Waals surface area contributed by atoms with Crippen LogP contribution in [0.2, 0.25) is 0 Å². The number of phosphoric ester groups is 1. The third kappa shape index (κ3) is 5.39. The molecule has 4 rings (SSSR count). The summed E-state index contributed by atoms with van der Waals surface area (Å²) in [5.74, 6) is -2.03. The van der Waals surface area contributed by atoms with Gasteiger partial charge in [-0.15, -0.1) is 6.58 Å². The number of nitrogens with one attached hydrogen (secondary N) is 1. The molecule has 3 aliphatic rings. The maximum Gasteiger partial charge on any atom is 0.469 e. The molecule has 3 aliphatic carbocycles. The smallest absolute Gasteiger partial charge is 0.469 e. The molecule has 2 amide bonds. The number of methoxy groups -OCH3 is 1. The van der Waals surface area contributed by atoms with Gasteiger partial charge in [-0.05, 0) is 67.2 Å². The van der Waals surface area contributed by atoms with Crippen molar-refractivity contribution >= 4 is 25.6 Å². The summed E-state index contributed by atoms with van der Waals surface area (Å²) in [6, 6.07) is 6.15. The topological polar surface area (TPSA) is 169 Å². The number of hydrogen-bond acceptors (Lipinski definition) is 8. The van der Waals surface area contributed by atoms with E-state index in [-0.39, 0.29) is 30.1 Å². The van der Waals surface area contributed by atoms with E-state index < -0.39 is 66.2 Å². The summed E-state index contributed by atoms with van der Waals surface area (Å²) < 4.78 is 28.7. The van der Waals surface area contributed by atoms with Crippen LogP contribution in [0.3, 0.4) is 0 Å². The number of hydrogen-bond donors (Lipinski definition) is 4. The van der Waals surface area contributed by atoms with Crippen molar-refractivity contribution < 1.29 is 47.8 Å². The third-order valence-corrected chi connectivity index (χ3v) is 10.9. The van der Waals surface area contributed by atoms with E-state index in [1.165, 1.54) is 25.3 Å². The van der Waals surface area contributed by atoms with Gasteiger partial charge in [-0.3, -0.25) is 19.4 Å². The average molecular weight is 594 g/mol. The molecule has 0 aromatic heterocycles. The van der Waals surface area contributed by atoms with Crippen molar-refractivity contribution in [3.05, 3.63) is 42.5 Å². The second kappa shape index (κ2) is 10.9. The van der Waals surface area contributed by atoms with Gasteiger partial charge in [-0.1, -0.05) is 33.8 Å². The SMILES string of the molecule is C=C[C@]1(C)C[C@@H](OC(=O)NC(=O)c2ccc(OC)cc2)[C@@]2(C)C3C(=O)[C@@H](O)C[C@@]3(CC[C@H]2C)[C@@H](C)[C@@H]1OP(=O)(O)O. The fraction of sp³-hybridized carbons (Fsp3) is 0.621. The normalized spacial score (nSPS) is 38.7. The first-order chi connectivity index (χ1) is 19.0. The summed E-state index contributed by atoms with van der Waals surface area (Å²) in [6.07, 6.45) is -1.64. The van der Waals surface area contributed by atoms with Gasteiger partial charge < -0.3 is 24.4 Å². The predicted molar refractivity (Wildman–Crippen MR) is 148 cm³/mol. The van der Waals surface area contributed by atoms with E-state index in [9.17, 15) is 33.8 Å².